The molecule has 20 heavy (non-hydrogen) atoms. The average molecular weight is 286 g/mol. The minimum atomic E-state index is 0.400. The van der Waals surface area contributed by atoms with Crippen molar-refractivity contribution in [2.24, 2.45) is 0 Å². The molecule has 1 fully saturated rings. The zero-order valence-electron chi connectivity index (χ0n) is 10.9. The molecule has 0 saturated heterocycles. The van der Waals surface area contributed by atoms with Crippen LogP contribution < -0.4 is 5.73 Å². The number of tetrazole rings is 1. The van der Waals surface area contributed by atoms with E-state index < -0.39 is 0 Å². The monoisotopic (exact) mass is 286 g/mol. The second kappa shape index (κ2) is 5.51. The highest BCUT2D eigenvalue weighted by Crippen LogP contribution is 2.34. The number of hydrogen-bond donors (Lipinski definition) is 1. The molecule has 2 aromatic rings. The van der Waals surface area contributed by atoms with Crippen LogP contribution in [0.3, 0.4) is 0 Å². The van der Waals surface area contributed by atoms with Crippen LogP contribution in [0.15, 0.2) is 28.3 Å². The normalized spacial score (nSPS) is 15.3. The van der Waals surface area contributed by atoms with Gasteiger partial charge in [-0.05, 0) is 53.2 Å². The summed E-state index contributed by atoms with van der Waals surface area (Å²) >= 11 is 1.47. The quantitative estimate of drug-likeness (QED) is 0.871. The predicted molar refractivity (Wildman–Crippen MR) is 75.0 cm³/mol. The smallest absolute Gasteiger partial charge is 0.214 e. The van der Waals surface area contributed by atoms with Gasteiger partial charge in [-0.3, -0.25) is 0 Å². The second-order valence-corrected chi connectivity index (χ2v) is 5.85. The van der Waals surface area contributed by atoms with Crippen molar-refractivity contribution in [3.63, 3.8) is 0 Å². The van der Waals surface area contributed by atoms with E-state index in [1.165, 1.54) is 24.6 Å². The zero-order chi connectivity index (χ0) is 13.9. The number of nitrogen functional groups attached to an aromatic ring is 1. The van der Waals surface area contributed by atoms with Crippen LogP contribution in [0.1, 0.15) is 37.3 Å². The van der Waals surface area contributed by atoms with Crippen LogP contribution in [-0.2, 0) is 0 Å². The van der Waals surface area contributed by atoms with Crippen LogP contribution in [0.25, 0.3) is 0 Å². The number of rotatable bonds is 3. The fourth-order valence-corrected chi connectivity index (χ4v) is 3.31. The number of nitrogens with zero attached hydrogens (tertiary/aromatic N) is 5. The lowest BCUT2D eigenvalue weighted by Crippen LogP contribution is -2.08. The maximum Gasteiger partial charge on any atom is 0.214 e. The summed E-state index contributed by atoms with van der Waals surface area (Å²) in [4.78, 5) is 0.921. The third kappa shape index (κ3) is 2.47. The van der Waals surface area contributed by atoms with Gasteiger partial charge in [0, 0.05) is 10.6 Å². The fraction of sp³-hybridized carbons (Fsp3) is 0.385. The highest BCUT2D eigenvalue weighted by molar-refractivity contribution is 7.99. The summed E-state index contributed by atoms with van der Waals surface area (Å²) in [5.41, 5.74) is 6.70. The van der Waals surface area contributed by atoms with Gasteiger partial charge in [0.2, 0.25) is 5.16 Å². The van der Waals surface area contributed by atoms with E-state index >= 15 is 0 Å². The third-order valence-electron chi connectivity index (χ3n) is 3.49. The maximum absolute atomic E-state index is 9.01. The molecule has 102 valence electrons. The Morgan fingerprint density at radius 2 is 2.15 bits per heavy atom. The SMILES string of the molecule is N#Cc1cc(Sc2nnnn2C2CCCC2)ccc1N. The molecule has 3 rings (SSSR count). The summed E-state index contributed by atoms with van der Waals surface area (Å²) in [6, 6.07) is 7.88. The van der Waals surface area contributed by atoms with Gasteiger partial charge in [-0.2, -0.15) is 5.26 Å². The molecule has 0 radical (unpaired) electrons. The summed E-state index contributed by atoms with van der Waals surface area (Å²) in [7, 11) is 0. The number of benzene rings is 1. The van der Waals surface area contributed by atoms with Gasteiger partial charge in [-0.1, -0.05) is 12.8 Å². The summed E-state index contributed by atoms with van der Waals surface area (Å²) in [6.07, 6.45) is 4.72. The zero-order valence-corrected chi connectivity index (χ0v) is 11.7. The lowest BCUT2D eigenvalue weighted by atomic mass is 10.2. The lowest BCUT2D eigenvalue weighted by Gasteiger charge is -2.10. The molecule has 1 aromatic heterocycles. The van der Waals surface area contributed by atoms with E-state index in [1.807, 2.05) is 10.7 Å². The van der Waals surface area contributed by atoms with Crippen LogP contribution in [0.4, 0.5) is 5.69 Å². The molecule has 1 heterocycles. The predicted octanol–water partition coefficient (Wildman–Crippen LogP) is 2.39. The number of nitriles is 1. The first-order valence-electron chi connectivity index (χ1n) is 6.53. The Kier molecular flexibility index (Phi) is 3.56. The molecule has 0 bridgehead atoms. The summed E-state index contributed by atoms with van der Waals surface area (Å²) in [5.74, 6) is 0. The van der Waals surface area contributed by atoms with Gasteiger partial charge in [-0.25, -0.2) is 4.68 Å². The first-order valence-corrected chi connectivity index (χ1v) is 7.35. The van der Waals surface area contributed by atoms with Crippen molar-refractivity contribution < 1.29 is 0 Å². The topological polar surface area (TPSA) is 93.4 Å². The first-order chi connectivity index (χ1) is 9.78. The van der Waals surface area contributed by atoms with E-state index in [4.69, 9.17) is 11.0 Å². The van der Waals surface area contributed by atoms with Crippen LogP contribution >= 0.6 is 11.8 Å². The molecule has 1 saturated carbocycles. The van der Waals surface area contributed by atoms with Crippen molar-refractivity contribution in [3.05, 3.63) is 23.8 Å². The fourth-order valence-electron chi connectivity index (χ4n) is 2.43. The highest BCUT2D eigenvalue weighted by atomic mass is 32.2. The van der Waals surface area contributed by atoms with Crippen LogP contribution in [-0.4, -0.2) is 20.2 Å². The van der Waals surface area contributed by atoms with Crippen LogP contribution in [0, 0.1) is 11.3 Å². The van der Waals surface area contributed by atoms with E-state index in [9.17, 15) is 0 Å². The van der Waals surface area contributed by atoms with Crippen molar-refractivity contribution in [2.45, 2.75) is 41.8 Å². The molecule has 0 atom stereocenters. The molecular formula is C13H14N6S. The number of aromatic nitrogens is 4. The highest BCUT2D eigenvalue weighted by Gasteiger charge is 2.22. The molecule has 1 aliphatic rings. The average Bonchev–Trinajstić information content (AvgIpc) is 3.11. The van der Waals surface area contributed by atoms with E-state index in [0.717, 1.165) is 22.9 Å². The largest absolute Gasteiger partial charge is 0.398 e. The Morgan fingerprint density at radius 1 is 1.35 bits per heavy atom. The van der Waals surface area contributed by atoms with Gasteiger partial charge in [0.1, 0.15) is 6.07 Å². The van der Waals surface area contributed by atoms with Gasteiger partial charge in [0.05, 0.1) is 11.6 Å². The Balaban J connectivity index is 1.85. The van der Waals surface area contributed by atoms with Crippen molar-refractivity contribution in [2.75, 3.05) is 5.73 Å². The van der Waals surface area contributed by atoms with Gasteiger partial charge in [0.25, 0.3) is 0 Å². The van der Waals surface area contributed by atoms with E-state index in [-0.39, 0.29) is 0 Å². The number of anilines is 1. The first kappa shape index (κ1) is 12.9. The van der Waals surface area contributed by atoms with Gasteiger partial charge >= 0.3 is 0 Å². The number of nitrogens with two attached hydrogens (primary N) is 1. The summed E-state index contributed by atoms with van der Waals surface area (Å²) in [6.45, 7) is 0. The summed E-state index contributed by atoms with van der Waals surface area (Å²) in [5, 5.41) is 21.7. The van der Waals surface area contributed by atoms with Crippen molar-refractivity contribution in [1.29, 1.82) is 5.26 Å². The van der Waals surface area contributed by atoms with Crippen molar-refractivity contribution in [3.8, 4) is 6.07 Å². The molecule has 1 aromatic carbocycles. The molecule has 7 heteroatoms. The maximum atomic E-state index is 9.01. The molecule has 1 aliphatic carbocycles. The van der Waals surface area contributed by atoms with E-state index in [1.54, 1.807) is 12.1 Å². The molecule has 0 unspecified atom stereocenters. The Labute approximate surface area is 121 Å². The molecular weight excluding hydrogens is 272 g/mol. The second-order valence-electron chi connectivity index (χ2n) is 4.81. The Hall–Kier alpha value is -2.07. The van der Waals surface area contributed by atoms with Crippen LogP contribution in [0.2, 0.25) is 0 Å². The van der Waals surface area contributed by atoms with Crippen molar-refractivity contribution in [1.82, 2.24) is 20.2 Å². The Bertz CT molecular complexity index is 653. The van der Waals surface area contributed by atoms with Crippen molar-refractivity contribution >= 4 is 17.4 Å². The standard InChI is InChI=1S/C13H14N6S/c14-8-9-7-11(5-6-12(9)15)20-13-16-17-18-19(13)10-3-1-2-4-10/h5-7,10H,1-4,15H2. The van der Waals surface area contributed by atoms with Gasteiger partial charge in [0.15, 0.2) is 0 Å². The van der Waals surface area contributed by atoms with E-state index in [0.29, 0.717) is 17.3 Å². The molecule has 0 spiro atoms. The third-order valence-corrected chi connectivity index (χ3v) is 4.43. The molecule has 0 amide bonds. The van der Waals surface area contributed by atoms with E-state index in [2.05, 4.69) is 21.6 Å². The van der Waals surface area contributed by atoms with Crippen LogP contribution in [0.5, 0.6) is 0 Å². The molecule has 6 nitrogen and oxygen atoms in total. The molecule has 2 N–H and O–H groups in total. The Morgan fingerprint density at radius 3 is 2.90 bits per heavy atom. The number of hydrogen-bond acceptors (Lipinski definition) is 6. The minimum absolute atomic E-state index is 0.400. The lowest BCUT2D eigenvalue weighted by molar-refractivity contribution is 0.423. The minimum Gasteiger partial charge on any atom is -0.398 e. The summed E-state index contributed by atoms with van der Waals surface area (Å²) < 4.78 is 1.90. The van der Waals surface area contributed by atoms with Gasteiger partial charge < -0.3 is 5.73 Å². The molecule has 0 aliphatic heterocycles. The van der Waals surface area contributed by atoms with Gasteiger partial charge in [-0.15, -0.1) is 5.10 Å².